The molecule has 0 bridgehead atoms. The summed E-state index contributed by atoms with van der Waals surface area (Å²) < 4.78 is 46.9. The summed E-state index contributed by atoms with van der Waals surface area (Å²) in [7, 11) is 0.466. The molecule has 3 rings (SSSR count). The van der Waals surface area contributed by atoms with Crippen LogP contribution in [0.3, 0.4) is 0 Å². The molecule has 0 amide bonds. The maximum atomic E-state index is 12.7. The number of hydrazone groups is 1. The summed E-state index contributed by atoms with van der Waals surface area (Å²) in [6.07, 6.45) is 1.38. The van der Waals surface area contributed by atoms with Gasteiger partial charge >= 0.3 is 0 Å². The molecule has 0 unspecified atom stereocenters. The molecule has 0 aliphatic carbocycles. The average Bonchev–Trinajstić information content (AvgIpc) is 2.82. The Kier molecular flexibility index (Phi) is 7.78. The van der Waals surface area contributed by atoms with Crippen LogP contribution in [0.2, 0.25) is 0 Å². The van der Waals surface area contributed by atoms with Gasteiger partial charge in [0, 0.05) is 6.07 Å². The molecule has 0 saturated carbocycles. The van der Waals surface area contributed by atoms with Crippen molar-refractivity contribution >= 4 is 16.2 Å². The third kappa shape index (κ3) is 6.17. The van der Waals surface area contributed by atoms with Gasteiger partial charge in [-0.15, -0.1) is 0 Å². The van der Waals surface area contributed by atoms with Crippen molar-refractivity contribution < 1.29 is 27.4 Å². The quantitative estimate of drug-likeness (QED) is 0.357. The van der Waals surface area contributed by atoms with E-state index in [2.05, 4.69) is 9.93 Å². The molecule has 33 heavy (non-hydrogen) atoms. The van der Waals surface area contributed by atoms with Crippen molar-refractivity contribution in [2.75, 3.05) is 21.3 Å². The van der Waals surface area contributed by atoms with E-state index < -0.39 is 10.0 Å². The first kappa shape index (κ1) is 23.9. The third-order valence-corrected chi connectivity index (χ3v) is 5.97. The first-order valence-corrected chi connectivity index (χ1v) is 11.5. The molecule has 0 heterocycles. The molecule has 0 aliphatic rings. The van der Waals surface area contributed by atoms with Crippen LogP contribution in [-0.4, -0.2) is 36.0 Å². The van der Waals surface area contributed by atoms with Crippen molar-refractivity contribution in [1.82, 2.24) is 4.83 Å². The Bertz CT molecular complexity index is 1240. The highest BCUT2D eigenvalue weighted by atomic mass is 32.2. The van der Waals surface area contributed by atoms with Gasteiger partial charge in [0.1, 0.15) is 23.0 Å². The zero-order valence-corrected chi connectivity index (χ0v) is 19.7. The van der Waals surface area contributed by atoms with Gasteiger partial charge in [-0.3, -0.25) is 0 Å². The lowest BCUT2D eigenvalue weighted by molar-refractivity contribution is 0.284. The largest absolute Gasteiger partial charge is 0.497 e. The lowest BCUT2D eigenvalue weighted by Gasteiger charge is -2.12. The number of sulfonamides is 1. The summed E-state index contributed by atoms with van der Waals surface area (Å²) >= 11 is 0. The number of nitrogens with zero attached hydrogens (tertiary/aromatic N) is 1. The van der Waals surface area contributed by atoms with Gasteiger partial charge < -0.3 is 18.9 Å². The second-order valence-corrected chi connectivity index (χ2v) is 8.69. The van der Waals surface area contributed by atoms with E-state index >= 15 is 0 Å². The average molecular weight is 471 g/mol. The van der Waals surface area contributed by atoms with E-state index in [-0.39, 0.29) is 10.6 Å². The number of aryl methyl sites for hydroxylation is 1. The number of ether oxygens (including phenoxy) is 4. The fourth-order valence-electron chi connectivity index (χ4n) is 3.07. The minimum atomic E-state index is -3.96. The number of methoxy groups -OCH3 is 3. The van der Waals surface area contributed by atoms with E-state index in [1.807, 2.05) is 31.2 Å². The number of rotatable bonds is 10. The molecule has 1 N–H and O–H groups in total. The SMILES string of the molecule is COc1ccc(S(=O)(=O)N/N=C/c2ccc(OC)c(OCc3cccc(C)c3)c2)c(OC)c1. The van der Waals surface area contributed by atoms with Gasteiger partial charge in [0.15, 0.2) is 11.5 Å². The molecule has 0 radical (unpaired) electrons. The molecule has 0 aromatic heterocycles. The van der Waals surface area contributed by atoms with Crippen LogP contribution < -0.4 is 23.8 Å². The second kappa shape index (κ2) is 10.7. The smallest absolute Gasteiger partial charge is 0.280 e. The monoisotopic (exact) mass is 470 g/mol. The van der Waals surface area contributed by atoms with E-state index in [9.17, 15) is 8.42 Å². The van der Waals surface area contributed by atoms with E-state index in [1.165, 1.54) is 38.6 Å². The molecular weight excluding hydrogens is 444 g/mol. The number of hydrogen-bond donors (Lipinski definition) is 1. The predicted octanol–water partition coefficient (Wildman–Crippen LogP) is 3.91. The molecule has 0 atom stereocenters. The summed E-state index contributed by atoms with van der Waals surface area (Å²) in [5, 5.41) is 3.89. The van der Waals surface area contributed by atoms with Crippen molar-refractivity contribution in [2.45, 2.75) is 18.4 Å². The molecule has 3 aromatic carbocycles. The van der Waals surface area contributed by atoms with Crippen molar-refractivity contribution in [2.24, 2.45) is 5.10 Å². The van der Waals surface area contributed by atoms with Crippen LogP contribution in [0.15, 0.2) is 70.7 Å². The van der Waals surface area contributed by atoms with Gasteiger partial charge in [0.25, 0.3) is 10.0 Å². The first-order valence-electron chi connectivity index (χ1n) is 9.99. The minimum Gasteiger partial charge on any atom is -0.497 e. The fourth-order valence-corrected chi connectivity index (χ4v) is 4.01. The zero-order valence-electron chi connectivity index (χ0n) is 18.9. The summed E-state index contributed by atoms with van der Waals surface area (Å²) in [6.45, 7) is 2.38. The van der Waals surface area contributed by atoms with Gasteiger partial charge in [-0.25, -0.2) is 0 Å². The summed E-state index contributed by atoms with van der Waals surface area (Å²) in [4.78, 5) is 2.14. The molecule has 0 spiro atoms. The summed E-state index contributed by atoms with van der Waals surface area (Å²) in [5.41, 5.74) is 2.79. The molecule has 0 fully saturated rings. The highest BCUT2D eigenvalue weighted by Crippen LogP contribution is 2.29. The Labute approximate surface area is 193 Å². The Morgan fingerprint density at radius 2 is 1.67 bits per heavy atom. The van der Waals surface area contributed by atoms with Crippen molar-refractivity contribution in [3.63, 3.8) is 0 Å². The Hall–Kier alpha value is -3.72. The van der Waals surface area contributed by atoms with E-state index in [1.54, 1.807) is 25.3 Å². The lowest BCUT2D eigenvalue weighted by atomic mass is 10.1. The van der Waals surface area contributed by atoms with E-state index in [0.29, 0.717) is 29.4 Å². The fraction of sp³-hybridized carbons (Fsp3) is 0.208. The van der Waals surface area contributed by atoms with Crippen molar-refractivity contribution in [3.05, 3.63) is 77.4 Å². The van der Waals surface area contributed by atoms with Crippen LogP contribution >= 0.6 is 0 Å². The number of nitrogens with one attached hydrogen (secondary N) is 1. The van der Waals surface area contributed by atoms with Gasteiger partial charge in [-0.1, -0.05) is 29.8 Å². The number of benzene rings is 3. The molecule has 174 valence electrons. The highest BCUT2D eigenvalue weighted by molar-refractivity contribution is 7.89. The zero-order chi connectivity index (χ0) is 23.8. The summed E-state index contributed by atoms with van der Waals surface area (Å²) in [5.74, 6) is 1.70. The molecular formula is C24H26N2O6S. The normalized spacial score (nSPS) is 11.3. The van der Waals surface area contributed by atoms with Gasteiger partial charge in [0.05, 0.1) is 27.5 Å². The highest BCUT2D eigenvalue weighted by Gasteiger charge is 2.19. The van der Waals surface area contributed by atoms with Crippen LogP contribution in [0.1, 0.15) is 16.7 Å². The first-order chi connectivity index (χ1) is 15.9. The molecule has 8 nitrogen and oxygen atoms in total. The topological polar surface area (TPSA) is 95.5 Å². The van der Waals surface area contributed by atoms with Crippen molar-refractivity contribution in [3.8, 4) is 23.0 Å². The van der Waals surface area contributed by atoms with Crippen LogP contribution in [0.25, 0.3) is 0 Å². The molecule has 0 aliphatic heterocycles. The van der Waals surface area contributed by atoms with Crippen LogP contribution in [-0.2, 0) is 16.6 Å². The second-order valence-electron chi connectivity index (χ2n) is 7.06. The maximum Gasteiger partial charge on any atom is 0.280 e. The maximum absolute atomic E-state index is 12.7. The molecule has 3 aromatic rings. The summed E-state index contributed by atoms with van der Waals surface area (Å²) in [6, 6.07) is 17.6. The van der Waals surface area contributed by atoms with E-state index in [0.717, 1.165) is 11.1 Å². The lowest BCUT2D eigenvalue weighted by Crippen LogP contribution is -2.19. The third-order valence-electron chi connectivity index (χ3n) is 4.71. The Morgan fingerprint density at radius 3 is 2.36 bits per heavy atom. The van der Waals surface area contributed by atoms with Crippen molar-refractivity contribution in [1.29, 1.82) is 0 Å². The van der Waals surface area contributed by atoms with E-state index in [4.69, 9.17) is 18.9 Å². The standard InChI is InChI=1S/C24H26N2O6S/c1-17-6-5-7-19(12-17)16-32-22-13-18(8-10-21(22)30-3)15-25-26-33(27,28)24-11-9-20(29-2)14-23(24)31-4/h5-15,26H,16H2,1-4H3/b25-15+. The van der Waals surface area contributed by atoms with Crippen LogP contribution in [0, 0.1) is 6.92 Å². The number of hydrogen-bond acceptors (Lipinski definition) is 7. The van der Waals surface area contributed by atoms with Gasteiger partial charge in [0.2, 0.25) is 0 Å². The van der Waals surface area contributed by atoms with Crippen LogP contribution in [0.5, 0.6) is 23.0 Å². The van der Waals surface area contributed by atoms with Crippen LogP contribution in [0.4, 0.5) is 0 Å². The minimum absolute atomic E-state index is 0.0557. The van der Waals surface area contributed by atoms with Gasteiger partial charge in [-0.2, -0.15) is 18.4 Å². The Balaban J connectivity index is 1.75. The molecule has 0 saturated heterocycles. The van der Waals surface area contributed by atoms with Gasteiger partial charge in [-0.05, 0) is 48.4 Å². The molecule has 9 heteroatoms. The Morgan fingerprint density at radius 1 is 0.879 bits per heavy atom. The predicted molar refractivity (Wildman–Crippen MR) is 126 cm³/mol.